The number of H-pyrrole nitrogens is 1. The van der Waals surface area contributed by atoms with Gasteiger partial charge in [-0.15, -0.1) is 37.9 Å². The molecule has 3 N–H and O–H groups in total. The van der Waals surface area contributed by atoms with Crippen molar-refractivity contribution in [2.45, 2.75) is 28.0 Å². The van der Waals surface area contributed by atoms with Crippen LogP contribution in [0.5, 0.6) is 0 Å². The largest absolute Gasteiger partial charge is 0.388 e. The van der Waals surface area contributed by atoms with Gasteiger partial charge >= 0.3 is 0 Å². The molecule has 0 atom stereocenters. The van der Waals surface area contributed by atoms with Crippen LogP contribution in [0.25, 0.3) is 73.8 Å². The molecule has 7 nitrogen and oxygen atoms in total. The molecular formula is C47H38N4O3S4. The van der Waals surface area contributed by atoms with Crippen LogP contribution >= 0.6 is 37.9 Å². The van der Waals surface area contributed by atoms with Crippen molar-refractivity contribution in [3.8, 4) is 33.4 Å². The van der Waals surface area contributed by atoms with Crippen LogP contribution in [0.15, 0.2) is 147 Å². The second-order valence-electron chi connectivity index (χ2n) is 13.9. The van der Waals surface area contributed by atoms with Crippen molar-refractivity contribution in [2.75, 3.05) is 12.4 Å². The summed E-state index contributed by atoms with van der Waals surface area (Å²) in [4.78, 5) is 16.8. The zero-order valence-electron chi connectivity index (χ0n) is 31.5. The number of aromatic amines is 1. The number of thiol groups is 3. The van der Waals surface area contributed by atoms with E-state index in [-0.39, 0.29) is 4.91 Å². The maximum Gasteiger partial charge on any atom is 0.294 e. The lowest BCUT2D eigenvalue weighted by Crippen LogP contribution is -1.98. The van der Waals surface area contributed by atoms with Gasteiger partial charge in [0.05, 0.1) is 27.7 Å². The fourth-order valence-corrected chi connectivity index (χ4v) is 8.26. The number of nitrogens with one attached hydrogen (secondary N) is 2. The molecule has 8 rings (SSSR count). The minimum atomic E-state index is -4.42. The molecule has 2 aromatic heterocycles. The predicted molar refractivity (Wildman–Crippen MR) is 249 cm³/mol. The van der Waals surface area contributed by atoms with Crippen LogP contribution in [0.4, 0.5) is 5.69 Å². The molecule has 11 heteroatoms. The predicted octanol–water partition coefficient (Wildman–Crippen LogP) is 12.2. The number of fused-ring (bicyclic) bond motifs is 6. The summed E-state index contributed by atoms with van der Waals surface area (Å²) in [6.45, 7) is 2.08. The van der Waals surface area contributed by atoms with Crippen molar-refractivity contribution >= 4 is 94.1 Å². The lowest BCUT2D eigenvalue weighted by Gasteiger charge is -2.11. The first-order valence-corrected chi connectivity index (χ1v) is 21.2. The molecule has 6 bridgehead atoms. The molecule has 2 aliphatic heterocycles. The van der Waals surface area contributed by atoms with E-state index in [1.54, 1.807) is 12.2 Å². The summed E-state index contributed by atoms with van der Waals surface area (Å²) >= 11 is 13.7. The number of nitrogens with zero attached hydrogens (tertiary/aromatic N) is 2. The third kappa shape index (κ3) is 8.09. The van der Waals surface area contributed by atoms with Gasteiger partial charge in [0.2, 0.25) is 0 Å². The highest BCUT2D eigenvalue weighted by molar-refractivity contribution is 7.90. The monoisotopic (exact) mass is 834 g/mol. The van der Waals surface area contributed by atoms with Gasteiger partial charge in [-0.05, 0) is 126 Å². The minimum absolute atomic E-state index is 0.189. The summed E-state index contributed by atoms with van der Waals surface area (Å²) in [5, 5.41) is 3.39. The van der Waals surface area contributed by atoms with Gasteiger partial charge in [-0.1, -0.05) is 60.7 Å². The zero-order chi connectivity index (χ0) is 40.6. The first-order valence-electron chi connectivity index (χ1n) is 18.4. The molecule has 5 aromatic rings. The van der Waals surface area contributed by atoms with Crippen LogP contribution in [-0.2, 0) is 10.1 Å². The Bertz CT molecular complexity index is 2940. The summed E-state index contributed by atoms with van der Waals surface area (Å²) in [6, 6.07) is 34.3. The number of anilines is 1. The topological polar surface area (TPSA) is 108 Å². The molecule has 0 radical (unpaired) electrons. The Labute approximate surface area is 354 Å². The third-order valence-corrected chi connectivity index (χ3v) is 11.9. The lowest BCUT2D eigenvalue weighted by molar-refractivity contribution is 0.492. The van der Waals surface area contributed by atoms with Gasteiger partial charge in [0.1, 0.15) is 0 Å². The maximum atomic E-state index is 12.2. The molecule has 4 heterocycles. The van der Waals surface area contributed by atoms with Crippen LogP contribution in [0, 0.1) is 0 Å². The fraction of sp³-hybridized carbons (Fsp3) is 0.0638. The summed E-state index contributed by atoms with van der Waals surface area (Å²) in [7, 11) is -2.58. The Kier molecular flexibility index (Phi) is 11.1. The highest BCUT2D eigenvalue weighted by atomic mass is 32.2. The second-order valence-corrected chi connectivity index (χ2v) is 16.9. The van der Waals surface area contributed by atoms with E-state index in [9.17, 15) is 13.0 Å². The molecule has 1 aliphatic carbocycles. The van der Waals surface area contributed by atoms with Gasteiger partial charge in [-0.25, -0.2) is 9.97 Å². The lowest BCUT2D eigenvalue weighted by atomic mass is 9.99. The molecule has 0 unspecified atom stereocenters. The first kappa shape index (κ1) is 39.3. The second kappa shape index (κ2) is 16.4. The third-order valence-electron chi connectivity index (χ3n) is 10.1. The number of aromatic nitrogens is 3. The average Bonchev–Trinajstić information content (AvgIpc) is 3.92. The quantitative estimate of drug-likeness (QED) is 0.0737. The Balaban J connectivity index is 1.54. The van der Waals surface area contributed by atoms with E-state index in [1.165, 1.54) is 12.2 Å². The Morgan fingerprint density at radius 2 is 1.21 bits per heavy atom. The number of rotatable bonds is 6. The minimum Gasteiger partial charge on any atom is -0.388 e. The standard InChI is InChI=1S/C47H38N4O3S4/c1-28-27-43-46(32-13-20-35(57)21-14-32)42-26-25-41(50-42)45(31-11-18-34(56)19-12-31)40-24-23-39(49-40)44(30-5-3-6-36(22-15-30)58(52,53)54)38(48-2)8-4-7-37(47(28)51-43)29-9-16-33(55)17-10-29/h3-4,6-27,48,50,55-57H,5H2,1-2H3,(H,52,53,54). The van der Waals surface area contributed by atoms with E-state index in [0.717, 1.165) is 98.6 Å². The van der Waals surface area contributed by atoms with E-state index in [4.69, 9.17) is 9.97 Å². The van der Waals surface area contributed by atoms with E-state index >= 15 is 0 Å². The molecule has 3 aliphatic rings. The Morgan fingerprint density at radius 1 is 0.655 bits per heavy atom. The molecule has 0 saturated carbocycles. The van der Waals surface area contributed by atoms with Crippen molar-refractivity contribution in [2.24, 2.45) is 0 Å². The van der Waals surface area contributed by atoms with Gasteiger partial charge in [-0.3, -0.25) is 4.55 Å². The Hall–Kier alpha value is -5.56. The van der Waals surface area contributed by atoms with Crippen molar-refractivity contribution in [3.05, 3.63) is 161 Å². The smallest absolute Gasteiger partial charge is 0.294 e. The number of hydrogen-bond donors (Lipinski definition) is 6. The van der Waals surface area contributed by atoms with Crippen molar-refractivity contribution in [1.82, 2.24) is 15.0 Å². The average molecular weight is 835 g/mol. The number of hydrogen-bond acceptors (Lipinski definition) is 8. The van der Waals surface area contributed by atoms with E-state index in [2.05, 4.69) is 91.5 Å². The normalized spacial score (nSPS) is 13.6. The van der Waals surface area contributed by atoms with Gasteiger partial charge in [-0.2, -0.15) is 8.42 Å². The highest BCUT2D eigenvalue weighted by Crippen LogP contribution is 2.39. The SMILES string of the molecule is CNc1cccc(-c2ccc(S)cc2)c2nc(c(-c3ccc(S)cc3)c3ccc([nH]3)c(-c3ccc(S)cc3)c3nc(c1C1=CC=C(S(=O)(=O)O)C=CC1)C=C3)C=C2C. The van der Waals surface area contributed by atoms with Gasteiger partial charge in [0.15, 0.2) is 0 Å². The van der Waals surface area contributed by atoms with E-state index in [0.29, 0.717) is 12.1 Å². The molecular weight excluding hydrogens is 797 g/mol. The number of allylic oxidation sites excluding steroid dienone is 6. The van der Waals surface area contributed by atoms with Crippen LogP contribution in [0.1, 0.15) is 41.7 Å². The van der Waals surface area contributed by atoms with Crippen molar-refractivity contribution in [1.29, 1.82) is 0 Å². The van der Waals surface area contributed by atoms with Crippen LogP contribution in [0.3, 0.4) is 0 Å². The van der Waals surface area contributed by atoms with Gasteiger partial charge in [0.25, 0.3) is 10.1 Å². The summed E-state index contributed by atoms with van der Waals surface area (Å²) in [5.41, 5.74) is 13.8. The molecule has 3 aromatic carbocycles. The van der Waals surface area contributed by atoms with Gasteiger partial charge in [0, 0.05) is 60.7 Å². The fourth-order valence-electron chi connectivity index (χ4n) is 7.31. The maximum absolute atomic E-state index is 12.2. The highest BCUT2D eigenvalue weighted by Gasteiger charge is 2.20. The van der Waals surface area contributed by atoms with E-state index in [1.807, 2.05) is 92.0 Å². The molecule has 0 fully saturated rings. The molecule has 0 spiro atoms. The first-order chi connectivity index (χ1) is 28.0. The Morgan fingerprint density at radius 3 is 1.78 bits per heavy atom. The van der Waals surface area contributed by atoms with Crippen LogP contribution in [-0.4, -0.2) is 35.0 Å². The van der Waals surface area contributed by atoms with Crippen LogP contribution in [0.2, 0.25) is 0 Å². The molecule has 288 valence electrons. The van der Waals surface area contributed by atoms with Crippen molar-refractivity contribution < 1.29 is 13.0 Å². The van der Waals surface area contributed by atoms with E-state index < -0.39 is 10.1 Å². The number of benzene rings is 3. The molecule has 0 amide bonds. The van der Waals surface area contributed by atoms with Gasteiger partial charge < -0.3 is 10.3 Å². The summed E-state index contributed by atoms with van der Waals surface area (Å²) in [5.74, 6) is 0. The summed E-state index contributed by atoms with van der Waals surface area (Å²) < 4.78 is 34.2. The van der Waals surface area contributed by atoms with Crippen LogP contribution < -0.4 is 5.32 Å². The zero-order valence-corrected chi connectivity index (χ0v) is 35.0. The van der Waals surface area contributed by atoms with Crippen molar-refractivity contribution in [3.63, 3.8) is 0 Å². The molecule has 0 saturated heterocycles. The summed E-state index contributed by atoms with van der Waals surface area (Å²) in [6.07, 6.45) is 12.8. The molecule has 58 heavy (non-hydrogen) atoms.